The number of hydrogen-bond acceptors (Lipinski definition) is 1. The maximum absolute atomic E-state index is 10.9. The van der Waals surface area contributed by atoms with Crippen molar-refractivity contribution in [1.82, 2.24) is 0 Å². The summed E-state index contributed by atoms with van der Waals surface area (Å²) in [5.74, 6) is -0.887. The molecule has 0 saturated heterocycles. The maximum Gasteiger partial charge on any atom is 0.336 e. The Hall–Kier alpha value is -2.16. The van der Waals surface area contributed by atoms with E-state index in [0.29, 0.717) is 5.56 Å². The molecule has 2 aromatic rings. The molecule has 2 rings (SSSR count). The first-order valence-corrected chi connectivity index (χ1v) is 7.01. The smallest absolute Gasteiger partial charge is 0.336 e. The molecular formula is C17H20NO2+. The minimum Gasteiger partial charge on any atom is -0.478 e. The summed E-state index contributed by atoms with van der Waals surface area (Å²) in [5, 5.41) is 8.96. The Kier molecular flexibility index (Phi) is 4.88. The van der Waals surface area contributed by atoms with E-state index in [4.69, 9.17) is 5.11 Å². The van der Waals surface area contributed by atoms with Gasteiger partial charge in [-0.2, -0.15) is 4.57 Å². The number of carbonyl (C=O) groups is 1. The maximum atomic E-state index is 10.9. The third-order valence-electron chi connectivity index (χ3n) is 3.47. The number of aromatic carboxylic acids is 1. The van der Waals surface area contributed by atoms with Crippen molar-refractivity contribution in [2.75, 3.05) is 0 Å². The second-order valence-electron chi connectivity index (χ2n) is 4.91. The fourth-order valence-corrected chi connectivity index (χ4v) is 2.35. The number of unbranched alkanes of at least 4 members (excludes halogenated alkanes) is 1. The molecule has 0 radical (unpaired) electrons. The van der Waals surface area contributed by atoms with Gasteiger partial charge in [-0.15, -0.1) is 0 Å². The summed E-state index contributed by atoms with van der Waals surface area (Å²) in [6.45, 7) is 2.18. The van der Waals surface area contributed by atoms with Crippen molar-refractivity contribution in [1.29, 1.82) is 0 Å². The summed E-state index contributed by atoms with van der Waals surface area (Å²) in [6, 6.07) is 13.9. The van der Waals surface area contributed by atoms with Crippen LogP contribution in [0.15, 0.2) is 54.9 Å². The molecule has 1 atom stereocenters. The van der Waals surface area contributed by atoms with Crippen LogP contribution in [0.25, 0.3) is 0 Å². The van der Waals surface area contributed by atoms with Crippen molar-refractivity contribution in [2.24, 2.45) is 0 Å². The predicted octanol–water partition coefficient (Wildman–Crippen LogP) is 3.45. The normalized spacial score (nSPS) is 12.1. The largest absolute Gasteiger partial charge is 0.478 e. The van der Waals surface area contributed by atoms with E-state index in [1.165, 1.54) is 5.56 Å². The van der Waals surface area contributed by atoms with E-state index in [1.54, 1.807) is 12.1 Å². The van der Waals surface area contributed by atoms with Gasteiger partial charge in [-0.25, -0.2) is 4.79 Å². The molecule has 0 spiro atoms. The van der Waals surface area contributed by atoms with E-state index < -0.39 is 5.97 Å². The summed E-state index contributed by atoms with van der Waals surface area (Å²) in [7, 11) is 0. The van der Waals surface area contributed by atoms with Gasteiger partial charge in [-0.3, -0.25) is 0 Å². The van der Waals surface area contributed by atoms with Gasteiger partial charge >= 0.3 is 5.97 Å². The van der Waals surface area contributed by atoms with E-state index in [2.05, 4.69) is 23.6 Å². The number of carboxylic acids is 1. The van der Waals surface area contributed by atoms with Gasteiger partial charge in [0.05, 0.1) is 5.56 Å². The molecule has 0 saturated carbocycles. The fraction of sp³-hybridized carbons (Fsp3) is 0.294. The summed E-state index contributed by atoms with van der Waals surface area (Å²) in [5.41, 5.74) is 1.58. The molecule has 3 nitrogen and oxygen atoms in total. The Balaban J connectivity index is 2.28. The molecule has 0 fully saturated rings. The van der Waals surface area contributed by atoms with Crippen molar-refractivity contribution in [3.8, 4) is 0 Å². The van der Waals surface area contributed by atoms with Crippen LogP contribution in [-0.4, -0.2) is 11.1 Å². The second kappa shape index (κ2) is 6.85. The van der Waals surface area contributed by atoms with Crippen molar-refractivity contribution in [2.45, 2.75) is 32.2 Å². The quantitative estimate of drug-likeness (QED) is 0.817. The number of carboxylic acid groups (broad SMARTS) is 1. The Labute approximate surface area is 119 Å². The molecule has 1 unspecified atom stereocenters. The molecule has 0 aliphatic heterocycles. The zero-order valence-electron chi connectivity index (χ0n) is 11.7. The van der Waals surface area contributed by atoms with E-state index >= 15 is 0 Å². The summed E-state index contributed by atoms with van der Waals surface area (Å²) in [6.07, 6.45) is 7.06. The zero-order chi connectivity index (χ0) is 14.4. The molecule has 1 aromatic heterocycles. The summed E-state index contributed by atoms with van der Waals surface area (Å²) < 4.78 is 2.09. The highest BCUT2D eigenvalue weighted by atomic mass is 16.4. The molecule has 20 heavy (non-hydrogen) atoms. The molecule has 1 aromatic carbocycles. The Morgan fingerprint density at radius 2 is 1.80 bits per heavy atom. The molecule has 0 bridgehead atoms. The highest BCUT2D eigenvalue weighted by molar-refractivity contribution is 5.87. The number of hydrogen-bond donors (Lipinski definition) is 1. The molecule has 0 aliphatic rings. The van der Waals surface area contributed by atoms with E-state index in [1.807, 2.05) is 30.6 Å². The van der Waals surface area contributed by atoms with Crippen molar-refractivity contribution in [3.05, 3.63) is 66.0 Å². The van der Waals surface area contributed by atoms with Crippen LogP contribution in [0.1, 0.15) is 48.1 Å². The highest BCUT2D eigenvalue weighted by Gasteiger charge is 2.20. The topological polar surface area (TPSA) is 41.2 Å². The fourth-order valence-electron chi connectivity index (χ4n) is 2.35. The van der Waals surface area contributed by atoms with Crippen LogP contribution in [0, 0.1) is 0 Å². The van der Waals surface area contributed by atoms with Crippen LogP contribution >= 0.6 is 0 Å². The van der Waals surface area contributed by atoms with Crippen LogP contribution in [0.2, 0.25) is 0 Å². The SMILES string of the molecule is CCCCC(c1ccccc1)[n+]1ccc(C(=O)O)cc1. The molecule has 0 amide bonds. The Bertz CT molecular complexity index is 549. The van der Waals surface area contributed by atoms with Crippen LogP contribution in [0.4, 0.5) is 0 Å². The number of rotatable bonds is 6. The van der Waals surface area contributed by atoms with Gasteiger partial charge in [-0.1, -0.05) is 43.7 Å². The van der Waals surface area contributed by atoms with E-state index in [0.717, 1.165) is 19.3 Å². The minimum atomic E-state index is -0.887. The number of pyridine rings is 1. The van der Waals surface area contributed by atoms with Crippen LogP contribution in [0.3, 0.4) is 0 Å². The third-order valence-corrected chi connectivity index (χ3v) is 3.47. The predicted molar refractivity (Wildman–Crippen MR) is 77.7 cm³/mol. The van der Waals surface area contributed by atoms with Gasteiger partial charge in [0, 0.05) is 24.1 Å². The van der Waals surface area contributed by atoms with Gasteiger partial charge in [0.1, 0.15) is 0 Å². The molecule has 1 heterocycles. The van der Waals surface area contributed by atoms with E-state index in [9.17, 15) is 4.79 Å². The van der Waals surface area contributed by atoms with Gasteiger partial charge in [-0.05, 0) is 6.42 Å². The Morgan fingerprint density at radius 3 is 2.35 bits per heavy atom. The minimum absolute atomic E-state index is 0.263. The zero-order valence-corrected chi connectivity index (χ0v) is 11.7. The van der Waals surface area contributed by atoms with Crippen molar-refractivity contribution >= 4 is 5.97 Å². The lowest BCUT2D eigenvalue weighted by molar-refractivity contribution is -0.714. The number of benzene rings is 1. The number of aromatic nitrogens is 1. The van der Waals surface area contributed by atoms with Gasteiger partial charge < -0.3 is 5.11 Å². The lowest BCUT2D eigenvalue weighted by Gasteiger charge is -2.12. The highest BCUT2D eigenvalue weighted by Crippen LogP contribution is 2.18. The molecule has 0 aliphatic carbocycles. The Morgan fingerprint density at radius 1 is 1.15 bits per heavy atom. The molecule has 1 N–H and O–H groups in total. The lowest BCUT2D eigenvalue weighted by atomic mass is 10.0. The molecular weight excluding hydrogens is 250 g/mol. The van der Waals surface area contributed by atoms with Crippen molar-refractivity contribution in [3.63, 3.8) is 0 Å². The average molecular weight is 270 g/mol. The first kappa shape index (κ1) is 14.3. The van der Waals surface area contributed by atoms with E-state index in [-0.39, 0.29) is 6.04 Å². The molecule has 104 valence electrons. The first-order chi connectivity index (χ1) is 9.72. The molecule has 3 heteroatoms. The average Bonchev–Trinajstić information content (AvgIpc) is 2.49. The van der Waals surface area contributed by atoms with Gasteiger partial charge in [0.15, 0.2) is 18.4 Å². The lowest BCUT2D eigenvalue weighted by Crippen LogP contribution is -2.39. The van der Waals surface area contributed by atoms with Crippen LogP contribution in [-0.2, 0) is 0 Å². The second-order valence-corrected chi connectivity index (χ2v) is 4.91. The summed E-state index contributed by atoms with van der Waals surface area (Å²) >= 11 is 0. The van der Waals surface area contributed by atoms with Crippen LogP contribution in [0.5, 0.6) is 0 Å². The number of nitrogens with zero attached hydrogens (tertiary/aromatic N) is 1. The standard InChI is InChI=1S/C17H19NO2/c1-2-3-9-16(14-7-5-4-6-8-14)18-12-10-15(11-13-18)17(19)20/h4-8,10-13,16H,2-3,9H2,1H3/p+1. The van der Waals surface area contributed by atoms with Gasteiger partial charge in [0.25, 0.3) is 0 Å². The van der Waals surface area contributed by atoms with Crippen LogP contribution < -0.4 is 4.57 Å². The van der Waals surface area contributed by atoms with Gasteiger partial charge in [0.2, 0.25) is 0 Å². The third kappa shape index (κ3) is 3.44. The van der Waals surface area contributed by atoms with Crippen molar-refractivity contribution < 1.29 is 14.5 Å². The summed E-state index contributed by atoms with van der Waals surface area (Å²) in [4.78, 5) is 10.9. The monoisotopic (exact) mass is 270 g/mol. The first-order valence-electron chi connectivity index (χ1n) is 7.01.